The van der Waals surface area contributed by atoms with Crippen LogP contribution in [0.25, 0.3) is 0 Å². The molecule has 0 saturated carbocycles. The Morgan fingerprint density at radius 2 is 1.73 bits per heavy atom. The highest BCUT2D eigenvalue weighted by molar-refractivity contribution is 5.81. The van der Waals surface area contributed by atoms with Gasteiger partial charge in [0.1, 0.15) is 5.78 Å². The maximum absolute atomic E-state index is 12.7. The zero-order chi connectivity index (χ0) is 18.2. The van der Waals surface area contributed by atoms with E-state index in [1.807, 2.05) is 6.08 Å². The largest absolute Gasteiger partial charge is 0.299 e. The third kappa shape index (κ3) is 5.30. The minimum Gasteiger partial charge on any atom is -0.299 e. The molecule has 2 fully saturated rings. The second-order valence-corrected chi connectivity index (χ2v) is 8.27. The lowest BCUT2D eigenvalue weighted by Crippen LogP contribution is -2.52. The number of hydrogen-bond acceptors (Lipinski definition) is 2. The number of allylic oxidation sites excluding steroid dienone is 1. The summed E-state index contributed by atoms with van der Waals surface area (Å²) >= 11 is 0. The van der Waals surface area contributed by atoms with Gasteiger partial charge in [-0.2, -0.15) is 0 Å². The fourth-order valence-corrected chi connectivity index (χ4v) is 4.94. The third-order valence-corrected chi connectivity index (χ3v) is 6.37. The van der Waals surface area contributed by atoms with E-state index in [2.05, 4.69) is 41.8 Å². The van der Waals surface area contributed by atoms with Gasteiger partial charge in [0.05, 0.1) is 0 Å². The third-order valence-electron chi connectivity index (χ3n) is 6.37. The molecule has 2 saturated heterocycles. The molecule has 0 aromatic heterocycles. The average Bonchev–Trinajstić information content (AvgIpc) is 2.65. The molecule has 0 N–H and O–H groups in total. The van der Waals surface area contributed by atoms with Crippen molar-refractivity contribution in [1.29, 1.82) is 0 Å². The molecule has 2 aliphatic rings. The van der Waals surface area contributed by atoms with Gasteiger partial charge in [0.15, 0.2) is 0 Å². The maximum Gasteiger partial charge on any atom is 0.136 e. The highest BCUT2D eigenvalue weighted by Crippen LogP contribution is 2.38. The van der Waals surface area contributed by atoms with Gasteiger partial charge in [0.25, 0.3) is 0 Å². The van der Waals surface area contributed by atoms with Crippen LogP contribution in [0, 0.1) is 5.92 Å². The fourth-order valence-electron chi connectivity index (χ4n) is 4.94. The van der Waals surface area contributed by atoms with E-state index in [0.29, 0.717) is 23.8 Å². The summed E-state index contributed by atoms with van der Waals surface area (Å²) < 4.78 is 0. The van der Waals surface area contributed by atoms with Crippen LogP contribution in [0.2, 0.25) is 0 Å². The van der Waals surface area contributed by atoms with Crippen LogP contribution < -0.4 is 0 Å². The van der Waals surface area contributed by atoms with Gasteiger partial charge in [-0.3, -0.25) is 9.69 Å². The van der Waals surface area contributed by atoms with E-state index in [1.165, 1.54) is 44.1 Å². The van der Waals surface area contributed by atoms with Crippen LogP contribution in [-0.2, 0) is 11.3 Å². The molecule has 2 heterocycles. The zero-order valence-corrected chi connectivity index (χ0v) is 16.2. The summed E-state index contributed by atoms with van der Waals surface area (Å²) in [6.07, 6.45) is 14.7. The Balaban J connectivity index is 1.47. The van der Waals surface area contributed by atoms with Crippen molar-refractivity contribution in [2.75, 3.05) is 0 Å². The van der Waals surface area contributed by atoms with Gasteiger partial charge in [0, 0.05) is 31.0 Å². The predicted molar refractivity (Wildman–Crippen MR) is 109 cm³/mol. The van der Waals surface area contributed by atoms with E-state index >= 15 is 0 Å². The Hall–Kier alpha value is -1.41. The first-order valence-electron chi connectivity index (χ1n) is 10.7. The minimum absolute atomic E-state index is 0.325. The molecule has 142 valence electrons. The van der Waals surface area contributed by atoms with Crippen molar-refractivity contribution in [3.05, 3.63) is 48.6 Å². The lowest BCUT2D eigenvalue weighted by atomic mass is 9.76. The van der Waals surface area contributed by atoms with E-state index in [0.717, 1.165) is 38.6 Å². The minimum atomic E-state index is 0.325. The van der Waals surface area contributed by atoms with E-state index in [9.17, 15) is 4.79 Å². The molecule has 1 aromatic rings. The molecule has 2 aliphatic heterocycles. The number of carbonyl (C=O) groups is 1. The van der Waals surface area contributed by atoms with E-state index in [4.69, 9.17) is 0 Å². The molecule has 0 amide bonds. The summed E-state index contributed by atoms with van der Waals surface area (Å²) in [6.45, 7) is 4.83. The van der Waals surface area contributed by atoms with Gasteiger partial charge in [-0.05, 0) is 50.5 Å². The number of nitrogens with zero attached hydrogens (tertiary/aromatic N) is 1. The number of carbonyl (C=O) groups excluding carboxylic acids is 1. The second-order valence-electron chi connectivity index (χ2n) is 8.27. The summed E-state index contributed by atoms with van der Waals surface area (Å²) in [5.74, 6) is 0.871. The van der Waals surface area contributed by atoms with Gasteiger partial charge >= 0.3 is 0 Å². The predicted octanol–water partition coefficient (Wildman–Crippen LogP) is 5.92. The zero-order valence-electron chi connectivity index (χ0n) is 16.2. The first-order valence-corrected chi connectivity index (χ1v) is 10.7. The summed E-state index contributed by atoms with van der Waals surface area (Å²) in [5, 5.41) is 0. The average molecular weight is 354 g/mol. The number of unbranched alkanes of at least 4 members (excludes halogenated alkanes) is 4. The fraction of sp³-hybridized carbons (Fsp3) is 0.625. The van der Waals surface area contributed by atoms with Crippen molar-refractivity contribution in [3.8, 4) is 0 Å². The number of ketones is 1. The van der Waals surface area contributed by atoms with Crippen LogP contribution >= 0.6 is 0 Å². The van der Waals surface area contributed by atoms with Crippen LogP contribution in [0.4, 0.5) is 0 Å². The van der Waals surface area contributed by atoms with Crippen molar-refractivity contribution in [2.24, 2.45) is 5.92 Å². The molecule has 2 bridgehead atoms. The summed E-state index contributed by atoms with van der Waals surface area (Å²) in [5.41, 5.74) is 1.41. The molecule has 2 atom stereocenters. The number of fused-ring (bicyclic) bond motifs is 2. The quantitative estimate of drug-likeness (QED) is 0.384. The summed E-state index contributed by atoms with van der Waals surface area (Å²) in [4.78, 5) is 15.5. The van der Waals surface area contributed by atoms with Crippen LogP contribution in [0.1, 0.15) is 76.2 Å². The van der Waals surface area contributed by atoms with Crippen molar-refractivity contribution in [3.63, 3.8) is 0 Å². The lowest BCUT2D eigenvalue weighted by molar-refractivity contribution is -0.127. The molecule has 2 unspecified atom stereocenters. The number of piperidine rings is 2. The number of Topliss-reactive ketones (excluding diaryl/α,β-unsaturated/α-hetero) is 1. The molecular weight excluding hydrogens is 318 g/mol. The molecule has 26 heavy (non-hydrogen) atoms. The van der Waals surface area contributed by atoms with Crippen LogP contribution in [0.15, 0.2) is 43.0 Å². The van der Waals surface area contributed by atoms with Crippen molar-refractivity contribution in [1.82, 2.24) is 4.90 Å². The van der Waals surface area contributed by atoms with Crippen molar-refractivity contribution < 1.29 is 4.79 Å². The van der Waals surface area contributed by atoms with Gasteiger partial charge < -0.3 is 0 Å². The number of rotatable bonds is 10. The molecule has 1 aromatic carbocycles. The van der Waals surface area contributed by atoms with Gasteiger partial charge in [-0.25, -0.2) is 0 Å². The van der Waals surface area contributed by atoms with E-state index in [-0.39, 0.29) is 0 Å². The lowest BCUT2D eigenvalue weighted by Gasteiger charge is -2.48. The first-order chi connectivity index (χ1) is 12.8. The molecule has 2 heteroatoms. The highest BCUT2D eigenvalue weighted by atomic mass is 16.1. The Labute approximate surface area is 159 Å². The van der Waals surface area contributed by atoms with E-state index < -0.39 is 0 Å². The molecule has 3 rings (SSSR count). The highest BCUT2D eigenvalue weighted by Gasteiger charge is 2.40. The number of benzene rings is 1. The first kappa shape index (κ1) is 19.4. The Morgan fingerprint density at radius 3 is 2.42 bits per heavy atom. The summed E-state index contributed by atoms with van der Waals surface area (Å²) in [7, 11) is 0. The van der Waals surface area contributed by atoms with Crippen molar-refractivity contribution in [2.45, 2.75) is 89.3 Å². The maximum atomic E-state index is 12.7. The monoisotopic (exact) mass is 353 g/mol. The molecule has 0 radical (unpaired) electrons. The second kappa shape index (κ2) is 10.1. The van der Waals surface area contributed by atoms with Crippen LogP contribution in [0.3, 0.4) is 0 Å². The summed E-state index contributed by atoms with van der Waals surface area (Å²) in [6, 6.07) is 12.1. The smallest absolute Gasteiger partial charge is 0.136 e. The normalized spacial score (nSPS) is 25.8. The molecule has 0 spiro atoms. The van der Waals surface area contributed by atoms with Gasteiger partial charge in [-0.15, -0.1) is 6.58 Å². The van der Waals surface area contributed by atoms with Gasteiger partial charge in [-0.1, -0.05) is 55.7 Å². The number of hydrogen-bond donors (Lipinski definition) is 0. The molecule has 0 aliphatic carbocycles. The van der Waals surface area contributed by atoms with E-state index in [1.54, 1.807) is 0 Å². The Kier molecular flexibility index (Phi) is 7.49. The Bertz CT molecular complexity index is 553. The van der Waals surface area contributed by atoms with Crippen molar-refractivity contribution >= 4 is 5.78 Å². The standard InChI is InChI=1S/C24H35NO/c1-2-3-4-5-6-10-16-24(26)21-17-22-14-11-15-23(18-21)25(22)19-20-12-8-7-9-13-20/h2,7-9,12-13,21-23H,1,3-6,10-11,14-19H2. The SMILES string of the molecule is C=CCCCCCCC(=O)C1CC2CCCC(C1)N2Cc1ccccc1. The molecule has 2 nitrogen and oxygen atoms in total. The topological polar surface area (TPSA) is 20.3 Å². The Morgan fingerprint density at radius 1 is 1.04 bits per heavy atom. The van der Waals surface area contributed by atoms with Crippen LogP contribution in [0.5, 0.6) is 0 Å². The van der Waals surface area contributed by atoms with Gasteiger partial charge in [0.2, 0.25) is 0 Å². The van der Waals surface area contributed by atoms with Crippen LogP contribution in [-0.4, -0.2) is 22.8 Å². The molecular formula is C24H35NO.